The van der Waals surface area contributed by atoms with E-state index in [1.807, 2.05) is 12.4 Å². The fraction of sp³-hybridized carbons (Fsp3) is 0.765. The maximum Gasteiger partial charge on any atom is 0.147 e. The second-order valence-corrected chi connectivity index (χ2v) is 6.89. The molecular weight excluding hydrogens is 260 g/mol. The first kappa shape index (κ1) is 16.2. The van der Waals surface area contributed by atoms with E-state index in [4.69, 9.17) is 4.98 Å². The molecule has 0 amide bonds. The Morgan fingerprint density at radius 1 is 1.19 bits per heavy atom. The zero-order valence-corrected chi connectivity index (χ0v) is 14.0. The van der Waals surface area contributed by atoms with Gasteiger partial charge in [0.05, 0.1) is 11.9 Å². The van der Waals surface area contributed by atoms with Crippen LogP contribution in [0, 0.1) is 5.92 Å². The first-order valence-electron chi connectivity index (χ1n) is 8.37. The van der Waals surface area contributed by atoms with Gasteiger partial charge in [0.1, 0.15) is 5.82 Å². The Morgan fingerprint density at radius 3 is 2.52 bits per heavy atom. The zero-order chi connectivity index (χ0) is 15.2. The molecule has 0 aliphatic heterocycles. The lowest BCUT2D eigenvalue weighted by atomic mass is 10.1. The molecule has 21 heavy (non-hydrogen) atoms. The number of rotatable bonds is 7. The van der Waals surface area contributed by atoms with Gasteiger partial charge in [0.25, 0.3) is 0 Å². The van der Waals surface area contributed by atoms with Crippen molar-refractivity contribution >= 4 is 5.82 Å². The minimum Gasteiger partial charge on any atom is -0.352 e. The van der Waals surface area contributed by atoms with E-state index in [-0.39, 0.29) is 0 Å². The number of aromatic nitrogens is 2. The van der Waals surface area contributed by atoms with Crippen LogP contribution in [0.5, 0.6) is 0 Å². The third-order valence-corrected chi connectivity index (χ3v) is 3.98. The molecule has 4 heteroatoms. The standard InChI is InChI=1S/C17H30N4/c1-13(2)12-21(16-7-5-6-8-16)17-11-18-9-15(20-17)10-19-14(3)4/h9,11,13-14,16,19H,5-8,10,12H2,1-4H3. The van der Waals surface area contributed by atoms with E-state index in [1.165, 1.54) is 25.7 Å². The highest BCUT2D eigenvalue weighted by Crippen LogP contribution is 2.27. The molecule has 0 unspecified atom stereocenters. The minimum absolute atomic E-state index is 0.469. The van der Waals surface area contributed by atoms with Gasteiger partial charge in [-0.1, -0.05) is 40.5 Å². The Balaban J connectivity index is 2.12. The summed E-state index contributed by atoms with van der Waals surface area (Å²) in [5, 5.41) is 3.42. The van der Waals surface area contributed by atoms with Crippen molar-refractivity contribution in [3.8, 4) is 0 Å². The number of anilines is 1. The monoisotopic (exact) mass is 290 g/mol. The number of nitrogens with one attached hydrogen (secondary N) is 1. The lowest BCUT2D eigenvalue weighted by Crippen LogP contribution is -2.37. The highest BCUT2D eigenvalue weighted by molar-refractivity contribution is 5.38. The smallest absolute Gasteiger partial charge is 0.147 e. The summed E-state index contributed by atoms with van der Waals surface area (Å²) in [5.74, 6) is 1.70. The van der Waals surface area contributed by atoms with E-state index >= 15 is 0 Å². The van der Waals surface area contributed by atoms with Gasteiger partial charge in [-0.15, -0.1) is 0 Å². The van der Waals surface area contributed by atoms with E-state index in [1.54, 1.807) is 0 Å². The normalized spacial score (nSPS) is 16.1. The minimum atomic E-state index is 0.469. The summed E-state index contributed by atoms with van der Waals surface area (Å²) >= 11 is 0. The predicted octanol–water partition coefficient (Wildman–Crippen LogP) is 3.38. The van der Waals surface area contributed by atoms with Crippen LogP contribution in [0.25, 0.3) is 0 Å². The highest BCUT2D eigenvalue weighted by Gasteiger charge is 2.24. The summed E-state index contributed by atoms with van der Waals surface area (Å²) in [6.07, 6.45) is 9.09. The van der Waals surface area contributed by atoms with Crippen molar-refractivity contribution in [2.75, 3.05) is 11.4 Å². The predicted molar refractivity (Wildman–Crippen MR) is 88.4 cm³/mol. The summed E-state index contributed by atoms with van der Waals surface area (Å²) < 4.78 is 0. The molecule has 1 aliphatic carbocycles. The molecule has 1 aromatic heterocycles. The highest BCUT2D eigenvalue weighted by atomic mass is 15.2. The third-order valence-electron chi connectivity index (χ3n) is 3.98. The second-order valence-electron chi connectivity index (χ2n) is 6.89. The Morgan fingerprint density at radius 2 is 1.90 bits per heavy atom. The average molecular weight is 290 g/mol. The van der Waals surface area contributed by atoms with E-state index < -0.39 is 0 Å². The molecule has 1 heterocycles. The molecule has 2 rings (SSSR count). The van der Waals surface area contributed by atoms with Gasteiger partial charge in [0, 0.05) is 31.4 Å². The van der Waals surface area contributed by atoms with Gasteiger partial charge in [0.2, 0.25) is 0 Å². The van der Waals surface area contributed by atoms with Crippen LogP contribution in [-0.4, -0.2) is 28.6 Å². The molecule has 1 N–H and O–H groups in total. The molecule has 4 nitrogen and oxygen atoms in total. The van der Waals surface area contributed by atoms with Crippen molar-refractivity contribution in [3.63, 3.8) is 0 Å². The van der Waals surface area contributed by atoms with E-state index in [0.717, 1.165) is 24.6 Å². The molecule has 0 aromatic carbocycles. The molecule has 0 spiro atoms. The lowest BCUT2D eigenvalue weighted by Gasteiger charge is -2.31. The number of hydrogen-bond acceptors (Lipinski definition) is 4. The molecule has 0 atom stereocenters. The van der Waals surface area contributed by atoms with Gasteiger partial charge in [0.15, 0.2) is 0 Å². The largest absolute Gasteiger partial charge is 0.352 e. The zero-order valence-electron chi connectivity index (χ0n) is 14.0. The van der Waals surface area contributed by atoms with Crippen LogP contribution in [0.15, 0.2) is 12.4 Å². The molecule has 1 aromatic rings. The third kappa shape index (κ3) is 4.95. The van der Waals surface area contributed by atoms with E-state index in [2.05, 4.69) is 42.9 Å². The SMILES string of the molecule is CC(C)CN(c1cncc(CNC(C)C)n1)C1CCCC1. The van der Waals surface area contributed by atoms with Gasteiger partial charge in [-0.2, -0.15) is 0 Å². The summed E-state index contributed by atoms with van der Waals surface area (Å²) in [7, 11) is 0. The van der Waals surface area contributed by atoms with Crippen molar-refractivity contribution in [1.82, 2.24) is 15.3 Å². The molecule has 1 saturated carbocycles. The first-order valence-corrected chi connectivity index (χ1v) is 8.37. The Bertz CT molecular complexity index is 425. The van der Waals surface area contributed by atoms with Crippen LogP contribution in [0.1, 0.15) is 59.1 Å². The summed E-state index contributed by atoms with van der Waals surface area (Å²) in [5.41, 5.74) is 1.04. The fourth-order valence-corrected chi connectivity index (χ4v) is 2.97. The van der Waals surface area contributed by atoms with Crippen LogP contribution in [0.2, 0.25) is 0 Å². The fourth-order valence-electron chi connectivity index (χ4n) is 2.97. The molecule has 0 saturated heterocycles. The molecule has 1 aliphatic rings. The van der Waals surface area contributed by atoms with Crippen LogP contribution in [-0.2, 0) is 6.54 Å². The summed E-state index contributed by atoms with van der Waals surface area (Å²) in [6, 6.07) is 1.12. The first-order chi connectivity index (χ1) is 10.1. The Kier molecular flexibility index (Phi) is 5.97. The number of nitrogens with zero attached hydrogens (tertiary/aromatic N) is 3. The van der Waals surface area contributed by atoms with Crippen LogP contribution < -0.4 is 10.2 Å². The quantitative estimate of drug-likeness (QED) is 0.836. The van der Waals surface area contributed by atoms with Crippen molar-refractivity contribution < 1.29 is 0 Å². The van der Waals surface area contributed by atoms with Gasteiger partial charge in [-0.3, -0.25) is 4.98 Å². The van der Waals surface area contributed by atoms with Crippen molar-refractivity contribution in [1.29, 1.82) is 0 Å². The maximum absolute atomic E-state index is 4.84. The molecule has 0 bridgehead atoms. The van der Waals surface area contributed by atoms with Crippen LogP contribution in [0.3, 0.4) is 0 Å². The van der Waals surface area contributed by atoms with Gasteiger partial charge >= 0.3 is 0 Å². The average Bonchev–Trinajstić information content (AvgIpc) is 2.96. The lowest BCUT2D eigenvalue weighted by molar-refractivity contribution is 0.527. The number of hydrogen-bond donors (Lipinski definition) is 1. The van der Waals surface area contributed by atoms with E-state index in [0.29, 0.717) is 18.0 Å². The van der Waals surface area contributed by atoms with Crippen molar-refractivity contribution in [2.24, 2.45) is 5.92 Å². The van der Waals surface area contributed by atoms with Crippen molar-refractivity contribution in [3.05, 3.63) is 18.1 Å². The molecule has 0 radical (unpaired) electrons. The summed E-state index contributed by atoms with van der Waals surface area (Å²) in [4.78, 5) is 11.8. The van der Waals surface area contributed by atoms with Gasteiger partial charge in [-0.25, -0.2) is 4.98 Å². The molecular formula is C17H30N4. The molecule has 118 valence electrons. The Hall–Kier alpha value is -1.16. The second kappa shape index (κ2) is 7.74. The maximum atomic E-state index is 4.84. The van der Waals surface area contributed by atoms with Crippen molar-refractivity contribution in [2.45, 2.75) is 72.0 Å². The van der Waals surface area contributed by atoms with E-state index in [9.17, 15) is 0 Å². The van der Waals surface area contributed by atoms with Crippen LogP contribution in [0.4, 0.5) is 5.82 Å². The van der Waals surface area contributed by atoms with Crippen LogP contribution >= 0.6 is 0 Å². The molecule has 1 fully saturated rings. The van der Waals surface area contributed by atoms with Gasteiger partial charge in [-0.05, 0) is 18.8 Å². The summed E-state index contributed by atoms with van der Waals surface area (Å²) in [6.45, 7) is 10.7. The van der Waals surface area contributed by atoms with Gasteiger partial charge < -0.3 is 10.2 Å². The topological polar surface area (TPSA) is 41.1 Å². The Labute approximate surface area is 129 Å².